The van der Waals surface area contributed by atoms with Gasteiger partial charge in [-0.1, -0.05) is 18.2 Å². The SMILES string of the molecule is CC(=O)N1c2cc3ccccc3nc2N(C)C(=O)N1C. The standard InChI is InChI=1S/C14H14N4O2/c1-9(19)18-12-8-10-6-4-5-7-11(10)15-13(12)16(2)14(20)17(18)3/h4-8H,1-3H3. The van der Waals surface area contributed by atoms with Crippen molar-refractivity contribution >= 4 is 34.3 Å². The molecule has 2 heterocycles. The average molecular weight is 270 g/mol. The number of hydrogen-bond acceptors (Lipinski definition) is 3. The van der Waals surface area contributed by atoms with Crippen LogP contribution in [0.15, 0.2) is 30.3 Å². The number of para-hydroxylation sites is 1. The molecule has 20 heavy (non-hydrogen) atoms. The molecule has 1 aromatic carbocycles. The second kappa shape index (κ2) is 4.19. The Morgan fingerprint density at radius 1 is 1.20 bits per heavy atom. The summed E-state index contributed by atoms with van der Waals surface area (Å²) in [4.78, 5) is 29.9. The van der Waals surface area contributed by atoms with Crippen molar-refractivity contribution in [2.75, 3.05) is 24.0 Å². The molecule has 0 radical (unpaired) electrons. The van der Waals surface area contributed by atoms with Gasteiger partial charge in [-0.15, -0.1) is 0 Å². The third-order valence-corrected chi connectivity index (χ3v) is 3.39. The number of pyridine rings is 1. The Morgan fingerprint density at radius 2 is 1.90 bits per heavy atom. The minimum atomic E-state index is -0.296. The lowest BCUT2D eigenvalue weighted by molar-refractivity contribution is -0.118. The fraction of sp³-hybridized carbons (Fsp3) is 0.214. The third kappa shape index (κ3) is 1.61. The van der Waals surface area contributed by atoms with Gasteiger partial charge >= 0.3 is 6.03 Å². The summed E-state index contributed by atoms with van der Waals surface area (Å²) >= 11 is 0. The molecule has 3 rings (SSSR count). The summed E-state index contributed by atoms with van der Waals surface area (Å²) in [5, 5.41) is 3.56. The van der Waals surface area contributed by atoms with Crippen molar-refractivity contribution in [1.82, 2.24) is 9.99 Å². The Balaban J connectivity index is 2.31. The Kier molecular flexibility index (Phi) is 2.60. The fourth-order valence-electron chi connectivity index (χ4n) is 2.43. The van der Waals surface area contributed by atoms with Crippen LogP contribution in [-0.2, 0) is 4.79 Å². The maximum absolute atomic E-state index is 12.2. The van der Waals surface area contributed by atoms with Crippen LogP contribution >= 0.6 is 0 Å². The van der Waals surface area contributed by atoms with Crippen molar-refractivity contribution in [2.24, 2.45) is 0 Å². The summed E-state index contributed by atoms with van der Waals surface area (Å²) in [6.07, 6.45) is 0. The number of carbonyl (C=O) groups is 2. The molecule has 0 unspecified atom stereocenters. The number of urea groups is 1. The summed E-state index contributed by atoms with van der Waals surface area (Å²) < 4.78 is 0. The van der Waals surface area contributed by atoms with Crippen molar-refractivity contribution in [2.45, 2.75) is 6.92 Å². The van der Waals surface area contributed by atoms with Gasteiger partial charge in [0.1, 0.15) is 5.69 Å². The monoisotopic (exact) mass is 270 g/mol. The highest BCUT2D eigenvalue weighted by Crippen LogP contribution is 2.35. The van der Waals surface area contributed by atoms with E-state index in [1.165, 1.54) is 21.8 Å². The minimum Gasteiger partial charge on any atom is -0.278 e. The summed E-state index contributed by atoms with van der Waals surface area (Å²) in [6.45, 7) is 1.42. The zero-order valence-electron chi connectivity index (χ0n) is 11.5. The number of rotatable bonds is 0. The van der Waals surface area contributed by atoms with Crippen LogP contribution < -0.4 is 9.91 Å². The number of fused-ring (bicyclic) bond motifs is 2. The van der Waals surface area contributed by atoms with Crippen molar-refractivity contribution in [1.29, 1.82) is 0 Å². The number of hydrazine groups is 1. The lowest BCUT2D eigenvalue weighted by Gasteiger charge is -2.39. The van der Waals surface area contributed by atoms with Crippen molar-refractivity contribution in [3.63, 3.8) is 0 Å². The first-order chi connectivity index (χ1) is 9.50. The van der Waals surface area contributed by atoms with Gasteiger partial charge in [0.05, 0.1) is 5.52 Å². The first-order valence-electron chi connectivity index (χ1n) is 6.22. The summed E-state index contributed by atoms with van der Waals surface area (Å²) in [5.74, 6) is 0.259. The highest BCUT2D eigenvalue weighted by molar-refractivity contribution is 6.08. The van der Waals surface area contributed by atoms with Crippen LogP contribution in [0.3, 0.4) is 0 Å². The highest BCUT2D eigenvalue weighted by Gasteiger charge is 2.35. The highest BCUT2D eigenvalue weighted by atomic mass is 16.2. The normalized spacial score (nSPS) is 14.8. The molecule has 1 aliphatic heterocycles. The number of anilines is 2. The van der Waals surface area contributed by atoms with Gasteiger partial charge in [-0.3, -0.25) is 9.69 Å². The van der Waals surface area contributed by atoms with Gasteiger partial charge in [0, 0.05) is 26.4 Å². The molecule has 102 valence electrons. The lowest BCUT2D eigenvalue weighted by atomic mass is 10.2. The molecular weight excluding hydrogens is 256 g/mol. The summed E-state index contributed by atoms with van der Waals surface area (Å²) in [5.41, 5.74) is 1.40. The third-order valence-electron chi connectivity index (χ3n) is 3.39. The number of aromatic nitrogens is 1. The molecule has 6 heteroatoms. The number of hydrogen-bond donors (Lipinski definition) is 0. The molecule has 1 aromatic heterocycles. The largest absolute Gasteiger partial charge is 0.344 e. The molecule has 0 bridgehead atoms. The number of amides is 3. The molecule has 0 aliphatic carbocycles. The number of nitrogens with zero attached hydrogens (tertiary/aromatic N) is 4. The van der Waals surface area contributed by atoms with E-state index in [-0.39, 0.29) is 11.9 Å². The fourth-order valence-corrected chi connectivity index (χ4v) is 2.43. The molecule has 0 atom stereocenters. The van der Waals surface area contributed by atoms with Crippen molar-refractivity contribution in [3.8, 4) is 0 Å². The minimum absolute atomic E-state index is 0.229. The number of benzene rings is 1. The quantitative estimate of drug-likeness (QED) is 0.735. The van der Waals surface area contributed by atoms with E-state index in [9.17, 15) is 9.59 Å². The van der Waals surface area contributed by atoms with Gasteiger partial charge in [-0.25, -0.2) is 19.8 Å². The van der Waals surface area contributed by atoms with Gasteiger partial charge in [0.2, 0.25) is 5.91 Å². The lowest BCUT2D eigenvalue weighted by Crippen LogP contribution is -2.55. The van der Waals surface area contributed by atoms with Crippen LogP contribution in [0.4, 0.5) is 16.3 Å². The Bertz CT molecular complexity index is 728. The first kappa shape index (κ1) is 12.4. The second-order valence-electron chi connectivity index (χ2n) is 4.72. The Hall–Kier alpha value is -2.63. The molecule has 6 nitrogen and oxygen atoms in total. The van der Waals surface area contributed by atoms with E-state index >= 15 is 0 Å². The molecule has 0 fully saturated rings. The zero-order valence-corrected chi connectivity index (χ0v) is 11.5. The maximum atomic E-state index is 12.2. The molecule has 3 amide bonds. The first-order valence-corrected chi connectivity index (χ1v) is 6.22. The van der Waals surface area contributed by atoms with Crippen LogP contribution in [0.5, 0.6) is 0 Å². The predicted octanol–water partition coefficient (Wildman–Crippen LogP) is 2.00. The van der Waals surface area contributed by atoms with Gasteiger partial charge in [-0.2, -0.15) is 0 Å². The number of carbonyl (C=O) groups excluding carboxylic acids is 2. The second-order valence-corrected chi connectivity index (χ2v) is 4.72. The molecule has 2 aromatic rings. The van der Waals surface area contributed by atoms with E-state index < -0.39 is 0 Å². The Labute approximate surface area is 116 Å². The van der Waals surface area contributed by atoms with Crippen LogP contribution in [0.25, 0.3) is 10.9 Å². The van der Waals surface area contributed by atoms with Crippen LogP contribution in [0.2, 0.25) is 0 Å². The van der Waals surface area contributed by atoms with E-state index in [1.807, 2.05) is 30.3 Å². The van der Waals surface area contributed by atoms with E-state index in [4.69, 9.17) is 0 Å². The Morgan fingerprint density at radius 3 is 2.60 bits per heavy atom. The van der Waals surface area contributed by atoms with Gasteiger partial charge < -0.3 is 0 Å². The van der Waals surface area contributed by atoms with E-state index in [0.717, 1.165) is 10.9 Å². The molecule has 1 aliphatic rings. The van der Waals surface area contributed by atoms with Gasteiger partial charge in [-0.05, 0) is 12.1 Å². The molecule has 0 N–H and O–H groups in total. The smallest absolute Gasteiger partial charge is 0.278 e. The van der Waals surface area contributed by atoms with Crippen molar-refractivity contribution in [3.05, 3.63) is 30.3 Å². The predicted molar refractivity (Wildman–Crippen MR) is 76.5 cm³/mol. The summed E-state index contributed by atoms with van der Waals surface area (Å²) in [6, 6.07) is 9.19. The van der Waals surface area contributed by atoms with E-state index in [2.05, 4.69) is 4.98 Å². The van der Waals surface area contributed by atoms with Crippen LogP contribution in [0.1, 0.15) is 6.92 Å². The molecule has 0 saturated heterocycles. The zero-order chi connectivity index (χ0) is 14.4. The van der Waals surface area contributed by atoms with E-state index in [1.54, 1.807) is 14.1 Å². The molecule has 0 saturated carbocycles. The van der Waals surface area contributed by atoms with Crippen LogP contribution in [0, 0.1) is 0 Å². The van der Waals surface area contributed by atoms with Gasteiger partial charge in [0.25, 0.3) is 0 Å². The molecule has 0 spiro atoms. The summed E-state index contributed by atoms with van der Waals surface area (Å²) in [7, 11) is 3.22. The molecular formula is C14H14N4O2. The van der Waals surface area contributed by atoms with Gasteiger partial charge in [0.15, 0.2) is 5.82 Å². The maximum Gasteiger partial charge on any atom is 0.344 e. The van der Waals surface area contributed by atoms with Crippen LogP contribution in [-0.4, -0.2) is 36.0 Å². The van der Waals surface area contributed by atoms with E-state index in [0.29, 0.717) is 11.5 Å². The average Bonchev–Trinajstić information content (AvgIpc) is 2.43. The van der Waals surface area contributed by atoms with Crippen molar-refractivity contribution < 1.29 is 9.59 Å². The topological polar surface area (TPSA) is 56.8 Å².